The van der Waals surface area contributed by atoms with Crippen molar-refractivity contribution in [3.63, 3.8) is 0 Å². The predicted octanol–water partition coefficient (Wildman–Crippen LogP) is 3.58. The average Bonchev–Trinajstić information content (AvgIpc) is 2.57. The molecule has 0 aliphatic heterocycles. The molecule has 2 rings (SSSR count). The Balaban J connectivity index is 1.99. The molecule has 0 spiro atoms. The van der Waals surface area contributed by atoms with Gasteiger partial charge in [-0.25, -0.2) is 4.79 Å². The van der Waals surface area contributed by atoms with Crippen LogP contribution in [0, 0.1) is 6.92 Å². The lowest BCUT2D eigenvalue weighted by Gasteiger charge is -2.15. The number of anilines is 1. The standard InChI is InChI=1S/C19H21NO4/c1-4-23-19(22)15-6-5-7-16(12-15)20-18(21)14(3)24-17-10-8-13(2)9-11-17/h5-12,14H,4H2,1-3H3,(H,20,21)/t14-/m1/s1. The first-order chi connectivity index (χ1) is 11.5. The van der Waals surface area contributed by atoms with Crippen LogP contribution in [-0.4, -0.2) is 24.6 Å². The Morgan fingerprint density at radius 2 is 1.83 bits per heavy atom. The van der Waals surface area contributed by atoms with Gasteiger partial charge in [-0.3, -0.25) is 4.79 Å². The smallest absolute Gasteiger partial charge is 0.338 e. The van der Waals surface area contributed by atoms with Crippen molar-refractivity contribution in [2.45, 2.75) is 26.9 Å². The second kappa shape index (κ2) is 8.15. The van der Waals surface area contributed by atoms with Crippen LogP contribution in [0.3, 0.4) is 0 Å². The molecule has 0 bridgehead atoms. The van der Waals surface area contributed by atoms with Crippen molar-refractivity contribution in [3.05, 3.63) is 59.7 Å². The molecule has 1 atom stereocenters. The van der Waals surface area contributed by atoms with Gasteiger partial charge in [0.2, 0.25) is 0 Å². The largest absolute Gasteiger partial charge is 0.481 e. The Morgan fingerprint density at radius 3 is 2.50 bits per heavy atom. The van der Waals surface area contributed by atoms with E-state index >= 15 is 0 Å². The van der Waals surface area contributed by atoms with E-state index in [0.717, 1.165) is 5.56 Å². The molecule has 0 heterocycles. The van der Waals surface area contributed by atoms with Gasteiger partial charge >= 0.3 is 5.97 Å². The Labute approximate surface area is 141 Å². The summed E-state index contributed by atoms with van der Waals surface area (Å²) in [6.45, 7) is 5.70. The first-order valence-corrected chi connectivity index (χ1v) is 7.81. The molecule has 0 aromatic heterocycles. The molecule has 0 radical (unpaired) electrons. The van der Waals surface area contributed by atoms with Crippen molar-refractivity contribution in [2.24, 2.45) is 0 Å². The number of rotatable bonds is 6. The Bertz CT molecular complexity index is 710. The zero-order valence-corrected chi connectivity index (χ0v) is 14.0. The lowest BCUT2D eigenvalue weighted by atomic mass is 10.2. The summed E-state index contributed by atoms with van der Waals surface area (Å²) in [5.74, 6) is -0.0855. The van der Waals surface area contributed by atoms with E-state index in [-0.39, 0.29) is 5.91 Å². The molecule has 1 N–H and O–H groups in total. The van der Waals surface area contributed by atoms with Crippen LogP contribution in [0.2, 0.25) is 0 Å². The van der Waals surface area contributed by atoms with E-state index < -0.39 is 12.1 Å². The molecule has 0 unspecified atom stereocenters. The fraction of sp³-hybridized carbons (Fsp3) is 0.263. The van der Waals surface area contributed by atoms with Crippen LogP contribution in [0.4, 0.5) is 5.69 Å². The molecular formula is C19H21NO4. The van der Waals surface area contributed by atoms with Gasteiger partial charge in [-0.1, -0.05) is 23.8 Å². The van der Waals surface area contributed by atoms with Crippen LogP contribution in [0.25, 0.3) is 0 Å². The zero-order chi connectivity index (χ0) is 17.5. The number of hydrogen-bond acceptors (Lipinski definition) is 4. The second-order valence-electron chi connectivity index (χ2n) is 5.36. The molecule has 1 amide bonds. The maximum Gasteiger partial charge on any atom is 0.338 e. The highest BCUT2D eigenvalue weighted by molar-refractivity contribution is 5.96. The minimum atomic E-state index is -0.668. The van der Waals surface area contributed by atoms with Crippen molar-refractivity contribution >= 4 is 17.6 Å². The third-order valence-corrected chi connectivity index (χ3v) is 3.34. The van der Waals surface area contributed by atoms with Gasteiger partial charge in [0.05, 0.1) is 12.2 Å². The Kier molecular flexibility index (Phi) is 5.95. The molecule has 0 aliphatic carbocycles. The number of carbonyl (C=O) groups excluding carboxylic acids is 2. The summed E-state index contributed by atoms with van der Waals surface area (Å²) in [6, 6.07) is 14.1. The molecule has 5 heteroatoms. The van der Waals surface area contributed by atoms with Crippen molar-refractivity contribution in [1.82, 2.24) is 0 Å². The quantitative estimate of drug-likeness (QED) is 0.824. The van der Waals surface area contributed by atoms with Crippen molar-refractivity contribution in [2.75, 3.05) is 11.9 Å². The van der Waals surface area contributed by atoms with Crippen LogP contribution in [-0.2, 0) is 9.53 Å². The summed E-state index contributed by atoms with van der Waals surface area (Å²) in [5, 5.41) is 2.74. The molecule has 2 aromatic rings. The maximum absolute atomic E-state index is 12.2. The number of aryl methyl sites for hydroxylation is 1. The Hall–Kier alpha value is -2.82. The number of esters is 1. The van der Waals surface area contributed by atoms with Gasteiger partial charge in [-0.05, 0) is 51.1 Å². The molecule has 0 fully saturated rings. The first-order valence-electron chi connectivity index (χ1n) is 7.81. The first kappa shape index (κ1) is 17.5. The van der Waals surface area contributed by atoms with E-state index in [9.17, 15) is 9.59 Å². The number of ether oxygens (including phenoxy) is 2. The Morgan fingerprint density at radius 1 is 1.12 bits per heavy atom. The SMILES string of the molecule is CCOC(=O)c1cccc(NC(=O)[C@@H](C)Oc2ccc(C)cc2)c1. The number of benzene rings is 2. The average molecular weight is 327 g/mol. The van der Waals surface area contributed by atoms with E-state index in [1.165, 1.54) is 0 Å². The number of amides is 1. The van der Waals surface area contributed by atoms with E-state index in [0.29, 0.717) is 23.6 Å². The number of nitrogens with one attached hydrogen (secondary N) is 1. The van der Waals surface area contributed by atoms with E-state index in [1.54, 1.807) is 38.1 Å². The monoisotopic (exact) mass is 327 g/mol. The van der Waals surface area contributed by atoms with Crippen LogP contribution >= 0.6 is 0 Å². The summed E-state index contributed by atoms with van der Waals surface area (Å²) < 4.78 is 10.6. The van der Waals surface area contributed by atoms with Crippen molar-refractivity contribution in [3.8, 4) is 5.75 Å². The highest BCUT2D eigenvalue weighted by Crippen LogP contribution is 2.15. The van der Waals surface area contributed by atoms with Crippen molar-refractivity contribution in [1.29, 1.82) is 0 Å². The van der Waals surface area contributed by atoms with E-state index in [1.807, 2.05) is 31.2 Å². The van der Waals surface area contributed by atoms with Crippen LogP contribution in [0.15, 0.2) is 48.5 Å². The molecule has 2 aromatic carbocycles. The summed E-state index contributed by atoms with van der Waals surface area (Å²) in [6.07, 6.45) is -0.668. The molecule has 0 aliphatic rings. The van der Waals surface area contributed by atoms with E-state index in [2.05, 4.69) is 5.32 Å². The topological polar surface area (TPSA) is 64.6 Å². The van der Waals surface area contributed by atoms with Crippen LogP contribution < -0.4 is 10.1 Å². The van der Waals surface area contributed by atoms with Gasteiger partial charge < -0.3 is 14.8 Å². The third-order valence-electron chi connectivity index (χ3n) is 3.34. The van der Waals surface area contributed by atoms with Gasteiger partial charge in [0.25, 0.3) is 5.91 Å². The summed E-state index contributed by atoms with van der Waals surface area (Å²) in [5.41, 5.74) is 2.03. The van der Waals surface area contributed by atoms with E-state index in [4.69, 9.17) is 9.47 Å². The van der Waals surface area contributed by atoms with Gasteiger partial charge in [0.15, 0.2) is 6.10 Å². The van der Waals surface area contributed by atoms with Crippen molar-refractivity contribution < 1.29 is 19.1 Å². The fourth-order valence-electron chi connectivity index (χ4n) is 2.06. The summed E-state index contributed by atoms with van der Waals surface area (Å²) >= 11 is 0. The van der Waals surface area contributed by atoms with Gasteiger partial charge in [-0.2, -0.15) is 0 Å². The maximum atomic E-state index is 12.2. The minimum absolute atomic E-state index is 0.295. The van der Waals surface area contributed by atoms with Gasteiger partial charge in [-0.15, -0.1) is 0 Å². The summed E-state index contributed by atoms with van der Waals surface area (Å²) in [7, 11) is 0. The number of carbonyl (C=O) groups is 2. The fourth-order valence-corrected chi connectivity index (χ4v) is 2.06. The third kappa shape index (κ3) is 4.84. The molecule has 24 heavy (non-hydrogen) atoms. The van der Waals surface area contributed by atoms with Gasteiger partial charge in [0, 0.05) is 5.69 Å². The predicted molar refractivity (Wildman–Crippen MR) is 92.3 cm³/mol. The lowest BCUT2D eigenvalue weighted by molar-refractivity contribution is -0.122. The highest BCUT2D eigenvalue weighted by atomic mass is 16.5. The van der Waals surface area contributed by atoms with Crippen LogP contribution in [0.1, 0.15) is 29.8 Å². The zero-order valence-electron chi connectivity index (χ0n) is 14.0. The van der Waals surface area contributed by atoms with Crippen LogP contribution in [0.5, 0.6) is 5.75 Å². The minimum Gasteiger partial charge on any atom is -0.481 e. The molecule has 0 saturated heterocycles. The van der Waals surface area contributed by atoms with Gasteiger partial charge in [0.1, 0.15) is 5.75 Å². The highest BCUT2D eigenvalue weighted by Gasteiger charge is 2.16. The normalized spacial score (nSPS) is 11.5. The molecule has 5 nitrogen and oxygen atoms in total. The lowest BCUT2D eigenvalue weighted by Crippen LogP contribution is -2.30. The molecule has 0 saturated carbocycles. The second-order valence-corrected chi connectivity index (χ2v) is 5.36. The number of hydrogen-bond donors (Lipinski definition) is 1. The molecule has 126 valence electrons. The summed E-state index contributed by atoms with van der Waals surface area (Å²) in [4.78, 5) is 24.0. The molecular weight excluding hydrogens is 306 g/mol.